The van der Waals surface area contributed by atoms with Crippen molar-refractivity contribution < 1.29 is 4.52 Å². The van der Waals surface area contributed by atoms with Crippen LogP contribution in [-0.4, -0.2) is 15.1 Å². The highest BCUT2D eigenvalue weighted by molar-refractivity contribution is 5.47. The summed E-state index contributed by atoms with van der Waals surface area (Å²) >= 11 is 0. The number of hydrogen-bond acceptors (Lipinski definition) is 4. The molecule has 5 nitrogen and oxygen atoms in total. The van der Waals surface area contributed by atoms with Crippen LogP contribution >= 0.6 is 0 Å². The summed E-state index contributed by atoms with van der Waals surface area (Å²) in [6, 6.07) is 3.51. The minimum Gasteiger partial charge on any atom is -0.359 e. The first-order chi connectivity index (χ1) is 7.48. The number of aromatic nitrogens is 3. The molecule has 0 aromatic carbocycles. The van der Waals surface area contributed by atoms with Crippen molar-refractivity contribution in [3.05, 3.63) is 24.2 Å². The van der Waals surface area contributed by atoms with Crippen molar-refractivity contribution in [3.63, 3.8) is 0 Å². The predicted octanol–water partition coefficient (Wildman–Crippen LogP) is 2.11. The third-order valence-electron chi connectivity index (χ3n) is 2.48. The molecule has 0 aliphatic carbocycles. The zero-order valence-electron chi connectivity index (χ0n) is 9.69. The van der Waals surface area contributed by atoms with E-state index in [4.69, 9.17) is 10.3 Å². The van der Waals surface area contributed by atoms with E-state index in [-0.39, 0.29) is 11.5 Å². The Morgan fingerprint density at radius 3 is 2.75 bits per heavy atom. The SMILES string of the molecule is CC(C)(C)[C@@H](N)c1nc(-c2ccc[nH]2)no1. The van der Waals surface area contributed by atoms with Gasteiger partial charge in [0.25, 0.3) is 0 Å². The van der Waals surface area contributed by atoms with Gasteiger partial charge in [-0.05, 0) is 17.5 Å². The highest BCUT2D eigenvalue weighted by Crippen LogP contribution is 2.30. The van der Waals surface area contributed by atoms with Gasteiger partial charge in [0.15, 0.2) is 0 Å². The number of nitrogens with zero attached hydrogens (tertiary/aromatic N) is 2. The van der Waals surface area contributed by atoms with Crippen LogP contribution in [0.2, 0.25) is 0 Å². The van der Waals surface area contributed by atoms with Crippen LogP contribution < -0.4 is 5.73 Å². The molecule has 0 bridgehead atoms. The van der Waals surface area contributed by atoms with E-state index in [0.717, 1.165) is 5.69 Å². The molecule has 0 saturated carbocycles. The van der Waals surface area contributed by atoms with Crippen molar-refractivity contribution in [3.8, 4) is 11.5 Å². The molecule has 5 heteroatoms. The van der Waals surface area contributed by atoms with Crippen molar-refractivity contribution in [2.24, 2.45) is 11.1 Å². The van der Waals surface area contributed by atoms with Crippen molar-refractivity contribution in [2.75, 3.05) is 0 Å². The van der Waals surface area contributed by atoms with Gasteiger partial charge in [0.05, 0.1) is 11.7 Å². The molecule has 0 radical (unpaired) electrons. The van der Waals surface area contributed by atoms with Crippen LogP contribution in [0.25, 0.3) is 11.5 Å². The number of rotatable bonds is 2. The second-order valence-corrected chi connectivity index (χ2v) is 4.88. The fourth-order valence-corrected chi connectivity index (χ4v) is 1.31. The minimum atomic E-state index is -0.260. The van der Waals surface area contributed by atoms with Crippen molar-refractivity contribution in [2.45, 2.75) is 26.8 Å². The van der Waals surface area contributed by atoms with Gasteiger partial charge in [0.2, 0.25) is 11.7 Å². The van der Waals surface area contributed by atoms with E-state index in [1.165, 1.54) is 0 Å². The number of hydrogen-bond donors (Lipinski definition) is 2. The minimum absolute atomic E-state index is 0.0977. The molecular weight excluding hydrogens is 204 g/mol. The van der Waals surface area contributed by atoms with Gasteiger partial charge >= 0.3 is 0 Å². The summed E-state index contributed by atoms with van der Waals surface area (Å²) in [5.74, 6) is 1.01. The van der Waals surface area contributed by atoms with Gasteiger partial charge < -0.3 is 15.2 Å². The first-order valence-corrected chi connectivity index (χ1v) is 5.21. The zero-order chi connectivity index (χ0) is 11.8. The van der Waals surface area contributed by atoms with E-state index in [0.29, 0.717) is 11.7 Å². The van der Waals surface area contributed by atoms with Crippen LogP contribution in [0.3, 0.4) is 0 Å². The molecule has 0 aliphatic heterocycles. The normalized spacial score (nSPS) is 14.0. The molecule has 1 atom stereocenters. The van der Waals surface area contributed by atoms with Gasteiger partial charge in [-0.2, -0.15) is 4.98 Å². The third kappa shape index (κ3) is 1.99. The van der Waals surface area contributed by atoms with Gasteiger partial charge in [-0.15, -0.1) is 0 Å². The molecule has 16 heavy (non-hydrogen) atoms. The van der Waals surface area contributed by atoms with Gasteiger partial charge in [-0.3, -0.25) is 0 Å². The lowest BCUT2D eigenvalue weighted by Crippen LogP contribution is -2.26. The third-order valence-corrected chi connectivity index (χ3v) is 2.48. The first kappa shape index (κ1) is 10.9. The molecule has 0 fully saturated rings. The number of nitrogens with two attached hydrogens (primary N) is 1. The first-order valence-electron chi connectivity index (χ1n) is 5.21. The standard InChI is InChI=1S/C11H16N4O/c1-11(2,3)8(12)10-14-9(15-16-10)7-5-4-6-13-7/h4-6,8,13H,12H2,1-3H3/t8-/m0/s1. The Morgan fingerprint density at radius 2 is 2.19 bits per heavy atom. The molecule has 86 valence electrons. The van der Waals surface area contributed by atoms with Gasteiger partial charge in [0, 0.05) is 6.20 Å². The van der Waals surface area contributed by atoms with Crippen LogP contribution in [0.5, 0.6) is 0 Å². The Kier molecular flexibility index (Phi) is 2.55. The number of H-pyrrole nitrogens is 1. The van der Waals surface area contributed by atoms with Crippen LogP contribution in [0, 0.1) is 5.41 Å². The van der Waals surface area contributed by atoms with E-state index in [2.05, 4.69) is 15.1 Å². The Labute approximate surface area is 94.0 Å². The van der Waals surface area contributed by atoms with Crippen LogP contribution in [0.15, 0.2) is 22.9 Å². The van der Waals surface area contributed by atoms with E-state index in [1.54, 1.807) is 0 Å². The Bertz CT molecular complexity index is 453. The summed E-state index contributed by atoms with van der Waals surface area (Å²) in [5.41, 5.74) is 6.76. The zero-order valence-corrected chi connectivity index (χ0v) is 9.69. The predicted molar refractivity (Wildman–Crippen MR) is 60.5 cm³/mol. The quantitative estimate of drug-likeness (QED) is 0.812. The summed E-state index contributed by atoms with van der Waals surface area (Å²) in [5, 5.41) is 3.90. The second kappa shape index (κ2) is 3.75. The molecule has 2 aromatic heterocycles. The second-order valence-electron chi connectivity index (χ2n) is 4.88. The van der Waals surface area contributed by atoms with Crippen LogP contribution in [0.4, 0.5) is 0 Å². The highest BCUT2D eigenvalue weighted by atomic mass is 16.5. The average molecular weight is 220 g/mol. The molecular formula is C11H16N4O. The topological polar surface area (TPSA) is 80.7 Å². The van der Waals surface area contributed by atoms with Crippen molar-refractivity contribution in [1.82, 2.24) is 15.1 Å². The van der Waals surface area contributed by atoms with Crippen molar-refractivity contribution in [1.29, 1.82) is 0 Å². The smallest absolute Gasteiger partial charge is 0.244 e. The Balaban J connectivity index is 2.27. The molecule has 2 heterocycles. The fraction of sp³-hybridized carbons (Fsp3) is 0.455. The van der Waals surface area contributed by atoms with Crippen molar-refractivity contribution >= 4 is 0 Å². The fourth-order valence-electron chi connectivity index (χ4n) is 1.31. The molecule has 0 aliphatic rings. The van der Waals surface area contributed by atoms with Crippen LogP contribution in [0.1, 0.15) is 32.7 Å². The highest BCUT2D eigenvalue weighted by Gasteiger charge is 2.27. The molecule has 2 aromatic rings. The van der Waals surface area contributed by atoms with E-state index in [9.17, 15) is 0 Å². The van der Waals surface area contributed by atoms with E-state index < -0.39 is 0 Å². The molecule has 0 spiro atoms. The monoisotopic (exact) mass is 220 g/mol. The summed E-state index contributed by atoms with van der Waals surface area (Å²) in [6.45, 7) is 6.11. The van der Waals surface area contributed by atoms with E-state index in [1.807, 2.05) is 39.1 Å². The maximum atomic E-state index is 6.03. The lowest BCUT2D eigenvalue weighted by molar-refractivity contribution is 0.253. The summed E-state index contributed by atoms with van der Waals surface area (Å²) in [6.07, 6.45) is 1.81. The average Bonchev–Trinajstić information content (AvgIpc) is 2.85. The van der Waals surface area contributed by atoms with E-state index >= 15 is 0 Å². The Morgan fingerprint density at radius 1 is 1.44 bits per heavy atom. The molecule has 3 N–H and O–H groups in total. The number of aromatic amines is 1. The molecule has 0 amide bonds. The molecule has 0 unspecified atom stereocenters. The Hall–Kier alpha value is -1.62. The largest absolute Gasteiger partial charge is 0.359 e. The number of nitrogens with one attached hydrogen (secondary N) is 1. The summed E-state index contributed by atoms with van der Waals surface area (Å²) in [7, 11) is 0. The summed E-state index contributed by atoms with van der Waals surface area (Å²) < 4.78 is 5.17. The van der Waals surface area contributed by atoms with Gasteiger partial charge in [0.1, 0.15) is 0 Å². The maximum Gasteiger partial charge on any atom is 0.244 e. The maximum absolute atomic E-state index is 6.03. The lowest BCUT2D eigenvalue weighted by atomic mass is 9.87. The van der Waals surface area contributed by atoms with Gasteiger partial charge in [-0.1, -0.05) is 25.9 Å². The van der Waals surface area contributed by atoms with Crippen LogP contribution in [-0.2, 0) is 0 Å². The molecule has 2 rings (SSSR count). The lowest BCUT2D eigenvalue weighted by Gasteiger charge is -2.23. The summed E-state index contributed by atoms with van der Waals surface area (Å²) in [4.78, 5) is 7.30. The molecule has 0 saturated heterocycles. The van der Waals surface area contributed by atoms with Gasteiger partial charge in [-0.25, -0.2) is 0 Å².